The number of methoxy groups -OCH3 is 1. The van der Waals surface area contributed by atoms with Gasteiger partial charge in [-0.2, -0.15) is 0 Å². The van der Waals surface area contributed by atoms with Crippen molar-refractivity contribution in [2.45, 2.75) is 12.0 Å². The molecular formula is C6H13NO2. The van der Waals surface area contributed by atoms with Gasteiger partial charge in [0.1, 0.15) is 5.60 Å². The van der Waals surface area contributed by atoms with Crippen LogP contribution in [0.5, 0.6) is 0 Å². The first-order chi connectivity index (χ1) is 4.33. The molecule has 1 atom stereocenters. The minimum Gasteiger partial charge on any atom is -0.378 e. The van der Waals surface area contributed by atoms with Crippen LogP contribution in [0.4, 0.5) is 0 Å². The summed E-state index contributed by atoms with van der Waals surface area (Å²) in [6.07, 6.45) is 0.931. The summed E-state index contributed by atoms with van der Waals surface area (Å²) in [5.41, 5.74) is 5.31. The zero-order valence-electron chi connectivity index (χ0n) is 5.72. The van der Waals surface area contributed by atoms with Crippen LogP contribution in [0.2, 0.25) is 0 Å². The Morgan fingerprint density at radius 3 is 2.78 bits per heavy atom. The molecule has 0 saturated carbocycles. The molecule has 0 aromatic rings. The van der Waals surface area contributed by atoms with Gasteiger partial charge in [0.05, 0.1) is 6.61 Å². The van der Waals surface area contributed by atoms with Gasteiger partial charge in [0.25, 0.3) is 0 Å². The number of rotatable bonds is 2. The SMILES string of the molecule is COC1(CN)CCOC1. The molecule has 0 radical (unpaired) electrons. The fourth-order valence-corrected chi connectivity index (χ4v) is 0.994. The van der Waals surface area contributed by atoms with Gasteiger partial charge in [-0.25, -0.2) is 0 Å². The highest BCUT2D eigenvalue weighted by Gasteiger charge is 2.32. The summed E-state index contributed by atoms with van der Waals surface area (Å²) < 4.78 is 10.3. The minimum atomic E-state index is -0.167. The largest absolute Gasteiger partial charge is 0.378 e. The van der Waals surface area contributed by atoms with Crippen LogP contribution < -0.4 is 5.73 Å². The molecule has 0 aromatic carbocycles. The molecular weight excluding hydrogens is 118 g/mol. The first kappa shape index (κ1) is 6.99. The fourth-order valence-electron chi connectivity index (χ4n) is 0.994. The maximum absolute atomic E-state index is 5.47. The summed E-state index contributed by atoms with van der Waals surface area (Å²) in [6, 6.07) is 0. The highest BCUT2D eigenvalue weighted by molar-refractivity contribution is 4.85. The third-order valence-electron chi connectivity index (χ3n) is 1.87. The second-order valence-electron chi connectivity index (χ2n) is 2.39. The van der Waals surface area contributed by atoms with E-state index in [1.807, 2.05) is 0 Å². The molecule has 0 bridgehead atoms. The standard InChI is InChI=1S/C6H13NO2/c1-8-6(4-7)2-3-9-5-6/h2-5,7H2,1H3. The van der Waals surface area contributed by atoms with E-state index in [0.29, 0.717) is 13.2 Å². The van der Waals surface area contributed by atoms with Gasteiger partial charge in [-0.05, 0) is 0 Å². The van der Waals surface area contributed by atoms with E-state index >= 15 is 0 Å². The van der Waals surface area contributed by atoms with Gasteiger partial charge >= 0.3 is 0 Å². The van der Waals surface area contributed by atoms with Crippen LogP contribution >= 0.6 is 0 Å². The van der Waals surface area contributed by atoms with Crippen molar-refractivity contribution in [3.63, 3.8) is 0 Å². The predicted octanol–water partition coefficient (Wildman–Crippen LogP) is -0.249. The van der Waals surface area contributed by atoms with Crippen LogP contribution in [0.1, 0.15) is 6.42 Å². The average Bonchev–Trinajstić information content (AvgIpc) is 2.36. The highest BCUT2D eigenvalue weighted by atomic mass is 16.5. The molecule has 3 nitrogen and oxygen atoms in total. The Balaban J connectivity index is 2.45. The quantitative estimate of drug-likeness (QED) is 0.562. The summed E-state index contributed by atoms with van der Waals surface area (Å²) in [5.74, 6) is 0. The van der Waals surface area contributed by atoms with E-state index < -0.39 is 0 Å². The second kappa shape index (κ2) is 2.64. The lowest BCUT2D eigenvalue weighted by Crippen LogP contribution is -2.40. The van der Waals surface area contributed by atoms with Gasteiger partial charge in [0, 0.05) is 26.7 Å². The van der Waals surface area contributed by atoms with Crippen LogP contribution in [-0.4, -0.2) is 32.5 Å². The van der Waals surface area contributed by atoms with Crippen LogP contribution in [-0.2, 0) is 9.47 Å². The molecule has 3 heteroatoms. The van der Waals surface area contributed by atoms with Crippen molar-refractivity contribution in [1.29, 1.82) is 0 Å². The average molecular weight is 131 g/mol. The normalized spacial score (nSPS) is 35.3. The number of nitrogens with two attached hydrogens (primary N) is 1. The Kier molecular flexibility index (Phi) is 2.05. The molecule has 1 fully saturated rings. The third kappa shape index (κ3) is 1.23. The maximum Gasteiger partial charge on any atom is 0.105 e. The fraction of sp³-hybridized carbons (Fsp3) is 1.00. The van der Waals surface area contributed by atoms with E-state index in [1.165, 1.54) is 0 Å². The van der Waals surface area contributed by atoms with Crippen LogP contribution in [0.25, 0.3) is 0 Å². The lowest BCUT2D eigenvalue weighted by molar-refractivity contribution is -0.00940. The number of hydrogen-bond donors (Lipinski definition) is 1. The third-order valence-corrected chi connectivity index (χ3v) is 1.87. The highest BCUT2D eigenvalue weighted by Crippen LogP contribution is 2.20. The molecule has 0 spiro atoms. The minimum absolute atomic E-state index is 0.167. The second-order valence-corrected chi connectivity index (χ2v) is 2.39. The molecule has 1 aliphatic rings. The summed E-state index contributed by atoms with van der Waals surface area (Å²) in [6.45, 7) is 1.99. The van der Waals surface area contributed by atoms with Crippen molar-refractivity contribution < 1.29 is 9.47 Å². The first-order valence-corrected chi connectivity index (χ1v) is 3.16. The maximum atomic E-state index is 5.47. The lowest BCUT2D eigenvalue weighted by Gasteiger charge is -2.22. The number of ether oxygens (including phenoxy) is 2. The van der Waals surface area contributed by atoms with Crippen molar-refractivity contribution in [2.24, 2.45) is 5.73 Å². The van der Waals surface area contributed by atoms with E-state index in [-0.39, 0.29) is 5.60 Å². The molecule has 2 N–H and O–H groups in total. The van der Waals surface area contributed by atoms with Crippen molar-refractivity contribution in [1.82, 2.24) is 0 Å². The molecule has 1 heterocycles. The predicted molar refractivity (Wildman–Crippen MR) is 34.2 cm³/mol. The summed E-state index contributed by atoms with van der Waals surface area (Å²) >= 11 is 0. The molecule has 1 rings (SSSR count). The lowest BCUT2D eigenvalue weighted by atomic mass is 10.0. The van der Waals surface area contributed by atoms with Crippen molar-refractivity contribution in [3.05, 3.63) is 0 Å². The van der Waals surface area contributed by atoms with Gasteiger partial charge < -0.3 is 15.2 Å². The molecule has 0 aromatic heterocycles. The van der Waals surface area contributed by atoms with E-state index in [0.717, 1.165) is 13.0 Å². The Bertz CT molecular complexity index is 83.1. The molecule has 1 aliphatic heterocycles. The van der Waals surface area contributed by atoms with Gasteiger partial charge in [-0.15, -0.1) is 0 Å². The molecule has 0 aliphatic carbocycles. The summed E-state index contributed by atoms with van der Waals surface area (Å²) in [5, 5.41) is 0. The molecule has 9 heavy (non-hydrogen) atoms. The Hall–Kier alpha value is -0.120. The van der Waals surface area contributed by atoms with Crippen molar-refractivity contribution >= 4 is 0 Å². The van der Waals surface area contributed by atoms with Gasteiger partial charge in [-0.1, -0.05) is 0 Å². The molecule has 1 saturated heterocycles. The Morgan fingerprint density at radius 2 is 2.56 bits per heavy atom. The Morgan fingerprint density at radius 1 is 1.78 bits per heavy atom. The smallest absolute Gasteiger partial charge is 0.105 e. The number of hydrogen-bond acceptors (Lipinski definition) is 3. The van der Waals surface area contributed by atoms with Crippen LogP contribution in [0.3, 0.4) is 0 Å². The van der Waals surface area contributed by atoms with E-state index in [9.17, 15) is 0 Å². The summed E-state index contributed by atoms with van der Waals surface area (Å²) in [7, 11) is 1.68. The van der Waals surface area contributed by atoms with E-state index in [4.69, 9.17) is 15.2 Å². The van der Waals surface area contributed by atoms with Gasteiger partial charge in [-0.3, -0.25) is 0 Å². The van der Waals surface area contributed by atoms with Gasteiger partial charge in [0.2, 0.25) is 0 Å². The van der Waals surface area contributed by atoms with Crippen molar-refractivity contribution in [2.75, 3.05) is 26.9 Å². The van der Waals surface area contributed by atoms with E-state index in [2.05, 4.69) is 0 Å². The zero-order valence-corrected chi connectivity index (χ0v) is 5.72. The van der Waals surface area contributed by atoms with E-state index in [1.54, 1.807) is 7.11 Å². The van der Waals surface area contributed by atoms with Crippen LogP contribution in [0.15, 0.2) is 0 Å². The molecule has 0 amide bonds. The Labute approximate surface area is 55.1 Å². The zero-order chi connectivity index (χ0) is 6.74. The molecule has 54 valence electrons. The first-order valence-electron chi connectivity index (χ1n) is 3.16. The molecule has 1 unspecified atom stereocenters. The monoisotopic (exact) mass is 131 g/mol. The summed E-state index contributed by atoms with van der Waals surface area (Å²) in [4.78, 5) is 0. The topological polar surface area (TPSA) is 44.5 Å². The van der Waals surface area contributed by atoms with Crippen LogP contribution in [0, 0.1) is 0 Å². The van der Waals surface area contributed by atoms with Gasteiger partial charge in [0.15, 0.2) is 0 Å². The van der Waals surface area contributed by atoms with Crippen molar-refractivity contribution in [3.8, 4) is 0 Å².